The molecule has 0 radical (unpaired) electrons. The van der Waals surface area contributed by atoms with Crippen molar-refractivity contribution < 1.29 is 27.1 Å². The first-order chi connectivity index (χ1) is 16.1. The van der Waals surface area contributed by atoms with E-state index in [0.29, 0.717) is 24.1 Å². The Bertz CT molecular complexity index is 1110. The summed E-state index contributed by atoms with van der Waals surface area (Å²) in [6, 6.07) is 6.32. The number of nitrogens with one attached hydrogen (secondary N) is 1. The number of benzene rings is 1. The summed E-state index contributed by atoms with van der Waals surface area (Å²) in [4.78, 5) is 17.8. The SMILES string of the molecule is C=C(c1nc(/C=C/CNC(=O)C2CC2)cc2c(O[C@@H]3CCN(C)C[C@@H]3F)cccc12)C(F)(F)F. The molecule has 182 valence electrons. The number of alkyl halides is 4. The molecule has 1 amide bonds. The number of piperidine rings is 1. The standard InChI is InChI=1S/C25H27F4N3O2/c1-15(25(27,28)29)23-18-6-3-7-21(34-22-10-12-32(2)14-20(22)26)19(18)13-17(31-23)5-4-11-30-24(33)16-8-9-16/h3-7,13,16,20,22H,1,8-12,14H2,2H3,(H,30,33)/b5-4+/t20-,22+/m0/s1. The average Bonchev–Trinajstić information content (AvgIpc) is 3.63. The number of fused-ring (bicyclic) bond motifs is 1. The van der Waals surface area contributed by atoms with Gasteiger partial charge in [0, 0.05) is 36.3 Å². The molecule has 1 aromatic carbocycles. The third-order valence-corrected chi connectivity index (χ3v) is 6.08. The highest BCUT2D eigenvalue weighted by Gasteiger charge is 2.35. The van der Waals surface area contributed by atoms with E-state index in [9.17, 15) is 22.4 Å². The largest absolute Gasteiger partial charge is 0.487 e. The van der Waals surface area contributed by atoms with Crippen LogP contribution in [0.3, 0.4) is 0 Å². The van der Waals surface area contributed by atoms with Gasteiger partial charge in [-0.2, -0.15) is 13.2 Å². The van der Waals surface area contributed by atoms with Crippen LogP contribution in [0.25, 0.3) is 22.4 Å². The number of amides is 1. The van der Waals surface area contributed by atoms with Gasteiger partial charge in [0.15, 0.2) is 0 Å². The van der Waals surface area contributed by atoms with E-state index in [1.165, 1.54) is 6.07 Å². The number of nitrogens with zero attached hydrogens (tertiary/aromatic N) is 2. The Hall–Kier alpha value is -2.94. The number of aromatic nitrogens is 1. The Balaban J connectivity index is 1.66. The summed E-state index contributed by atoms with van der Waals surface area (Å²) in [6.45, 7) is 4.35. The molecule has 1 aliphatic carbocycles. The number of carbonyl (C=O) groups excluding carboxylic acids is 1. The predicted molar refractivity (Wildman–Crippen MR) is 123 cm³/mol. The summed E-state index contributed by atoms with van der Waals surface area (Å²) in [7, 11) is 1.83. The summed E-state index contributed by atoms with van der Waals surface area (Å²) < 4.78 is 61.2. The molecule has 9 heteroatoms. The smallest absolute Gasteiger partial charge is 0.417 e. The molecule has 5 nitrogen and oxygen atoms in total. The maximum atomic E-state index is 14.6. The van der Waals surface area contributed by atoms with Crippen molar-refractivity contribution in [1.82, 2.24) is 15.2 Å². The first-order valence-electron chi connectivity index (χ1n) is 11.3. The minimum absolute atomic E-state index is 0.0307. The molecule has 0 bridgehead atoms. The normalized spacial score (nSPS) is 21.7. The molecule has 1 saturated heterocycles. The van der Waals surface area contributed by atoms with Crippen molar-refractivity contribution >= 4 is 28.3 Å². The highest BCUT2D eigenvalue weighted by molar-refractivity contribution is 5.97. The van der Waals surface area contributed by atoms with E-state index in [1.54, 1.807) is 30.4 Å². The van der Waals surface area contributed by atoms with Crippen molar-refractivity contribution in [2.75, 3.05) is 26.7 Å². The summed E-state index contributed by atoms with van der Waals surface area (Å²) in [5.74, 6) is 0.328. The van der Waals surface area contributed by atoms with Gasteiger partial charge < -0.3 is 15.0 Å². The number of likely N-dealkylation sites (tertiary alicyclic amines) is 1. The van der Waals surface area contributed by atoms with Gasteiger partial charge in [0.1, 0.15) is 18.0 Å². The van der Waals surface area contributed by atoms with Gasteiger partial charge >= 0.3 is 6.18 Å². The zero-order chi connectivity index (χ0) is 24.5. The molecule has 1 aliphatic heterocycles. The molecule has 34 heavy (non-hydrogen) atoms. The van der Waals surface area contributed by atoms with Crippen molar-refractivity contribution in [2.45, 2.75) is 37.7 Å². The highest BCUT2D eigenvalue weighted by atomic mass is 19.4. The van der Waals surface area contributed by atoms with Crippen LogP contribution in [0.15, 0.2) is 36.9 Å². The van der Waals surface area contributed by atoms with E-state index < -0.39 is 24.0 Å². The van der Waals surface area contributed by atoms with Gasteiger partial charge in [0.2, 0.25) is 5.91 Å². The lowest BCUT2D eigenvalue weighted by molar-refractivity contribution is -0.122. The van der Waals surface area contributed by atoms with Crippen LogP contribution in [0.1, 0.15) is 30.7 Å². The van der Waals surface area contributed by atoms with Crippen LogP contribution in [0, 0.1) is 5.92 Å². The molecular weight excluding hydrogens is 450 g/mol. The Morgan fingerprint density at radius 1 is 1.29 bits per heavy atom. The van der Waals surface area contributed by atoms with Crippen LogP contribution in [0.5, 0.6) is 5.75 Å². The summed E-state index contributed by atoms with van der Waals surface area (Å²) in [6.07, 6.45) is -1.17. The van der Waals surface area contributed by atoms with Crippen LogP contribution in [-0.4, -0.2) is 60.9 Å². The molecule has 1 N–H and O–H groups in total. The number of allylic oxidation sites excluding steroid dienone is 1. The van der Waals surface area contributed by atoms with Gasteiger partial charge in [-0.3, -0.25) is 4.79 Å². The molecular formula is C25H27F4N3O2. The Labute approximate surface area is 195 Å². The van der Waals surface area contributed by atoms with E-state index in [1.807, 2.05) is 11.9 Å². The minimum atomic E-state index is -4.67. The molecule has 2 atom stereocenters. The van der Waals surface area contributed by atoms with Gasteiger partial charge in [-0.05, 0) is 44.5 Å². The number of halogens is 4. The van der Waals surface area contributed by atoms with Crippen molar-refractivity contribution in [1.29, 1.82) is 0 Å². The third kappa shape index (κ3) is 5.58. The first-order valence-corrected chi connectivity index (χ1v) is 11.3. The number of ether oxygens (including phenoxy) is 1. The number of pyridine rings is 1. The zero-order valence-corrected chi connectivity index (χ0v) is 18.9. The second-order valence-electron chi connectivity index (χ2n) is 8.87. The van der Waals surface area contributed by atoms with Gasteiger partial charge in [-0.15, -0.1) is 0 Å². The fourth-order valence-electron chi connectivity index (χ4n) is 3.98. The lowest BCUT2D eigenvalue weighted by Gasteiger charge is -2.32. The summed E-state index contributed by atoms with van der Waals surface area (Å²) in [5.41, 5.74) is -1.13. The van der Waals surface area contributed by atoms with E-state index >= 15 is 0 Å². The summed E-state index contributed by atoms with van der Waals surface area (Å²) in [5, 5.41) is 3.38. The van der Waals surface area contributed by atoms with E-state index in [4.69, 9.17) is 4.74 Å². The average molecular weight is 478 g/mol. The maximum Gasteiger partial charge on any atom is 0.417 e. The molecule has 1 saturated carbocycles. The fraction of sp³-hybridized carbons (Fsp3) is 0.440. The quantitative estimate of drug-likeness (QED) is 0.584. The van der Waals surface area contributed by atoms with Crippen LogP contribution in [-0.2, 0) is 4.79 Å². The molecule has 2 heterocycles. The second-order valence-corrected chi connectivity index (χ2v) is 8.87. The first kappa shape index (κ1) is 24.2. The van der Waals surface area contributed by atoms with Crippen molar-refractivity contribution in [2.24, 2.45) is 5.92 Å². The van der Waals surface area contributed by atoms with Crippen LogP contribution in [0.4, 0.5) is 17.6 Å². The molecule has 0 unspecified atom stereocenters. The van der Waals surface area contributed by atoms with Crippen LogP contribution in [0.2, 0.25) is 0 Å². The number of carbonyl (C=O) groups is 1. The predicted octanol–water partition coefficient (Wildman–Crippen LogP) is 4.77. The van der Waals surface area contributed by atoms with Crippen LogP contribution >= 0.6 is 0 Å². The maximum absolute atomic E-state index is 14.6. The molecule has 1 aromatic heterocycles. The monoisotopic (exact) mass is 477 g/mol. The molecule has 2 aliphatic rings. The number of rotatable bonds is 7. The lowest BCUT2D eigenvalue weighted by Crippen LogP contribution is -2.45. The van der Waals surface area contributed by atoms with Crippen molar-refractivity contribution in [3.8, 4) is 5.75 Å². The number of hydrogen-bond acceptors (Lipinski definition) is 4. The second kappa shape index (κ2) is 9.74. The van der Waals surface area contributed by atoms with Gasteiger partial charge in [0.05, 0.1) is 17.0 Å². The lowest BCUT2D eigenvalue weighted by atomic mass is 10.0. The van der Waals surface area contributed by atoms with Gasteiger partial charge in [0.25, 0.3) is 0 Å². The van der Waals surface area contributed by atoms with E-state index in [0.717, 1.165) is 12.8 Å². The Morgan fingerprint density at radius 2 is 2.06 bits per heavy atom. The zero-order valence-electron chi connectivity index (χ0n) is 18.9. The molecule has 2 fully saturated rings. The summed E-state index contributed by atoms with van der Waals surface area (Å²) >= 11 is 0. The Morgan fingerprint density at radius 3 is 2.74 bits per heavy atom. The fourth-order valence-corrected chi connectivity index (χ4v) is 3.98. The third-order valence-electron chi connectivity index (χ3n) is 6.08. The van der Waals surface area contributed by atoms with E-state index in [-0.39, 0.29) is 41.7 Å². The van der Waals surface area contributed by atoms with Crippen LogP contribution < -0.4 is 10.1 Å². The molecule has 2 aromatic rings. The molecule has 0 spiro atoms. The van der Waals surface area contributed by atoms with Crippen molar-refractivity contribution in [3.63, 3.8) is 0 Å². The van der Waals surface area contributed by atoms with Gasteiger partial charge in [-0.1, -0.05) is 24.8 Å². The van der Waals surface area contributed by atoms with Gasteiger partial charge in [-0.25, -0.2) is 9.37 Å². The highest BCUT2D eigenvalue weighted by Crippen LogP contribution is 2.38. The Kier molecular flexibility index (Phi) is 6.93. The number of hydrogen-bond donors (Lipinski definition) is 1. The molecule has 4 rings (SSSR count). The topological polar surface area (TPSA) is 54.5 Å². The van der Waals surface area contributed by atoms with Crippen molar-refractivity contribution in [3.05, 3.63) is 48.3 Å². The minimum Gasteiger partial charge on any atom is -0.487 e. The van der Waals surface area contributed by atoms with E-state index in [2.05, 4.69) is 16.9 Å².